The van der Waals surface area contributed by atoms with Gasteiger partial charge in [-0.3, -0.25) is 4.79 Å². The largest absolute Gasteiger partial charge is 0.480 e. The van der Waals surface area contributed by atoms with Gasteiger partial charge in [0, 0.05) is 30.9 Å². The number of anilines is 2. The minimum atomic E-state index is -0.444. The van der Waals surface area contributed by atoms with Gasteiger partial charge in [-0.1, -0.05) is 25.1 Å². The van der Waals surface area contributed by atoms with Crippen molar-refractivity contribution in [3.63, 3.8) is 0 Å². The van der Waals surface area contributed by atoms with E-state index in [1.807, 2.05) is 36.4 Å². The van der Waals surface area contributed by atoms with Crippen LogP contribution in [0.4, 0.5) is 11.4 Å². The molecule has 0 aliphatic carbocycles. The Morgan fingerprint density at radius 2 is 1.80 bits per heavy atom. The number of fused-ring (bicyclic) bond motifs is 1. The minimum Gasteiger partial charge on any atom is -0.480 e. The van der Waals surface area contributed by atoms with Crippen molar-refractivity contribution in [2.45, 2.75) is 32.3 Å². The SMILES string of the molecule is CC1CCN(c2ccc(NC(=O)[C@@H]3Cc4ccccc4O3)cc2)CC1. The van der Waals surface area contributed by atoms with Crippen LogP contribution in [-0.2, 0) is 11.2 Å². The molecule has 2 aliphatic rings. The van der Waals surface area contributed by atoms with Crippen LogP contribution in [0, 0.1) is 5.92 Å². The summed E-state index contributed by atoms with van der Waals surface area (Å²) in [5, 5.41) is 2.97. The molecule has 0 saturated carbocycles. The van der Waals surface area contributed by atoms with Gasteiger partial charge in [0.15, 0.2) is 6.10 Å². The molecule has 2 aromatic carbocycles. The van der Waals surface area contributed by atoms with Gasteiger partial charge in [-0.05, 0) is 54.7 Å². The summed E-state index contributed by atoms with van der Waals surface area (Å²) in [5.74, 6) is 1.55. The summed E-state index contributed by atoms with van der Waals surface area (Å²) in [6.07, 6.45) is 2.68. The minimum absolute atomic E-state index is 0.0873. The molecule has 0 bridgehead atoms. The lowest BCUT2D eigenvalue weighted by molar-refractivity contribution is -0.122. The highest BCUT2D eigenvalue weighted by molar-refractivity contribution is 5.95. The second-order valence-electron chi connectivity index (χ2n) is 7.12. The predicted molar refractivity (Wildman–Crippen MR) is 100 cm³/mol. The van der Waals surface area contributed by atoms with Gasteiger partial charge in [0.2, 0.25) is 0 Å². The van der Waals surface area contributed by atoms with Crippen molar-refractivity contribution in [2.24, 2.45) is 5.92 Å². The molecule has 4 rings (SSSR count). The molecule has 1 amide bonds. The first-order valence-electron chi connectivity index (χ1n) is 9.09. The number of nitrogens with zero attached hydrogens (tertiary/aromatic N) is 1. The zero-order chi connectivity index (χ0) is 17.2. The quantitative estimate of drug-likeness (QED) is 0.925. The van der Waals surface area contributed by atoms with Crippen molar-refractivity contribution >= 4 is 17.3 Å². The molecule has 130 valence electrons. The van der Waals surface area contributed by atoms with Crippen LogP contribution >= 0.6 is 0 Å². The van der Waals surface area contributed by atoms with E-state index < -0.39 is 6.10 Å². The normalized spacial score (nSPS) is 20.0. The Bertz CT molecular complexity index is 724. The Balaban J connectivity index is 1.36. The van der Waals surface area contributed by atoms with Crippen molar-refractivity contribution in [1.29, 1.82) is 0 Å². The van der Waals surface area contributed by atoms with Gasteiger partial charge in [0.1, 0.15) is 5.75 Å². The van der Waals surface area contributed by atoms with Gasteiger partial charge in [0.25, 0.3) is 5.91 Å². The highest BCUT2D eigenvalue weighted by Gasteiger charge is 2.28. The van der Waals surface area contributed by atoms with E-state index in [9.17, 15) is 4.79 Å². The Morgan fingerprint density at radius 3 is 2.52 bits per heavy atom. The topological polar surface area (TPSA) is 41.6 Å². The number of ether oxygens (including phenoxy) is 1. The van der Waals surface area contributed by atoms with Crippen molar-refractivity contribution in [3.05, 3.63) is 54.1 Å². The maximum Gasteiger partial charge on any atom is 0.265 e. The Kier molecular flexibility index (Phi) is 4.35. The number of piperidine rings is 1. The van der Waals surface area contributed by atoms with E-state index in [-0.39, 0.29) is 5.91 Å². The van der Waals surface area contributed by atoms with Gasteiger partial charge in [0.05, 0.1) is 0 Å². The molecular formula is C21H24N2O2. The first-order chi connectivity index (χ1) is 12.2. The Hall–Kier alpha value is -2.49. The van der Waals surface area contributed by atoms with Crippen LogP contribution in [0.1, 0.15) is 25.3 Å². The lowest BCUT2D eigenvalue weighted by Gasteiger charge is -2.32. The summed E-state index contributed by atoms with van der Waals surface area (Å²) in [5.41, 5.74) is 3.14. The smallest absolute Gasteiger partial charge is 0.265 e. The molecule has 0 radical (unpaired) electrons. The zero-order valence-electron chi connectivity index (χ0n) is 14.6. The second-order valence-corrected chi connectivity index (χ2v) is 7.12. The van der Waals surface area contributed by atoms with Crippen LogP contribution in [0.15, 0.2) is 48.5 Å². The molecule has 1 fully saturated rings. The van der Waals surface area contributed by atoms with Crippen molar-refractivity contribution in [3.8, 4) is 5.75 Å². The van der Waals surface area contributed by atoms with E-state index in [0.29, 0.717) is 6.42 Å². The summed E-state index contributed by atoms with van der Waals surface area (Å²) >= 11 is 0. The average molecular weight is 336 g/mol. The molecule has 2 aliphatic heterocycles. The maximum absolute atomic E-state index is 12.5. The Morgan fingerprint density at radius 1 is 1.08 bits per heavy atom. The third kappa shape index (κ3) is 3.48. The van der Waals surface area contributed by atoms with Gasteiger partial charge in [-0.25, -0.2) is 0 Å². The monoisotopic (exact) mass is 336 g/mol. The number of benzene rings is 2. The number of rotatable bonds is 3. The van der Waals surface area contributed by atoms with Crippen LogP contribution in [-0.4, -0.2) is 25.1 Å². The summed E-state index contributed by atoms with van der Waals surface area (Å²) in [6.45, 7) is 4.54. The van der Waals surface area contributed by atoms with Gasteiger partial charge in [-0.15, -0.1) is 0 Å². The summed E-state index contributed by atoms with van der Waals surface area (Å²) in [7, 11) is 0. The highest BCUT2D eigenvalue weighted by Crippen LogP contribution is 2.29. The van der Waals surface area contributed by atoms with Crippen LogP contribution in [0.5, 0.6) is 5.75 Å². The molecule has 0 aromatic heterocycles. The van der Waals surface area contributed by atoms with Crippen LogP contribution in [0.3, 0.4) is 0 Å². The maximum atomic E-state index is 12.5. The van der Waals surface area contributed by atoms with E-state index in [1.165, 1.54) is 18.5 Å². The number of nitrogens with one attached hydrogen (secondary N) is 1. The molecule has 2 heterocycles. The molecule has 0 spiro atoms. The standard InChI is InChI=1S/C21H24N2O2/c1-15-10-12-23(13-11-15)18-8-6-17(7-9-18)22-21(24)20-14-16-4-2-3-5-19(16)25-20/h2-9,15,20H,10-14H2,1H3,(H,22,24)/t20-/m0/s1. The molecule has 1 N–H and O–H groups in total. The fourth-order valence-electron chi connectivity index (χ4n) is 3.57. The number of amides is 1. The predicted octanol–water partition coefficient (Wildman–Crippen LogP) is 3.87. The van der Waals surface area contributed by atoms with Crippen LogP contribution in [0.2, 0.25) is 0 Å². The average Bonchev–Trinajstić information content (AvgIpc) is 3.07. The molecular weight excluding hydrogens is 312 g/mol. The van der Waals surface area contributed by atoms with Crippen LogP contribution in [0.25, 0.3) is 0 Å². The summed E-state index contributed by atoms with van der Waals surface area (Å²) < 4.78 is 5.75. The number of carbonyl (C=O) groups excluding carboxylic acids is 1. The Labute approximate surface area is 148 Å². The lowest BCUT2D eigenvalue weighted by Crippen LogP contribution is -2.33. The molecule has 2 aromatic rings. The van der Waals surface area contributed by atoms with Crippen LogP contribution < -0.4 is 15.0 Å². The van der Waals surface area contributed by atoms with Gasteiger partial charge >= 0.3 is 0 Å². The first-order valence-corrected chi connectivity index (χ1v) is 9.09. The number of para-hydroxylation sites is 1. The summed E-state index contributed by atoms with van der Waals surface area (Å²) in [6, 6.07) is 16.0. The van der Waals surface area contributed by atoms with Crippen molar-refractivity contribution in [1.82, 2.24) is 0 Å². The molecule has 0 unspecified atom stereocenters. The van der Waals surface area contributed by atoms with Gasteiger partial charge in [-0.2, -0.15) is 0 Å². The molecule has 25 heavy (non-hydrogen) atoms. The third-order valence-electron chi connectivity index (χ3n) is 5.22. The first kappa shape index (κ1) is 16.0. The van der Waals surface area contributed by atoms with E-state index in [0.717, 1.165) is 36.0 Å². The summed E-state index contributed by atoms with van der Waals surface area (Å²) in [4.78, 5) is 14.9. The number of hydrogen-bond acceptors (Lipinski definition) is 3. The lowest BCUT2D eigenvalue weighted by atomic mass is 9.99. The number of carbonyl (C=O) groups is 1. The molecule has 4 heteroatoms. The van der Waals surface area contributed by atoms with Crippen molar-refractivity contribution < 1.29 is 9.53 Å². The fraction of sp³-hybridized carbons (Fsp3) is 0.381. The molecule has 1 saturated heterocycles. The third-order valence-corrected chi connectivity index (χ3v) is 5.22. The van der Waals surface area contributed by atoms with E-state index in [2.05, 4.69) is 29.3 Å². The van der Waals surface area contributed by atoms with Gasteiger partial charge < -0.3 is 15.0 Å². The van der Waals surface area contributed by atoms with E-state index >= 15 is 0 Å². The van der Waals surface area contributed by atoms with E-state index in [4.69, 9.17) is 4.74 Å². The van der Waals surface area contributed by atoms with Crippen molar-refractivity contribution in [2.75, 3.05) is 23.3 Å². The molecule has 1 atom stereocenters. The number of hydrogen-bond donors (Lipinski definition) is 1. The zero-order valence-corrected chi connectivity index (χ0v) is 14.6. The second kappa shape index (κ2) is 6.79. The van der Waals surface area contributed by atoms with E-state index in [1.54, 1.807) is 0 Å². The highest BCUT2D eigenvalue weighted by atomic mass is 16.5. The fourth-order valence-corrected chi connectivity index (χ4v) is 3.57. The molecule has 4 nitrogen and oxygen atoms in total.